The number of rotatable bonds is 3. The third kappa shape index (κ3) is 3.21. The minimum atomic E-state index is -0.114. The van der Waals surface area contributed by atoms with E-state index in [-0.39, 0.29) is 6.03 Å². The molecule has 5 rings (SSSR count). The highest BCUT2D eigenvalue weighted by Gasteiger charge is 2.44. The van der Waals surface area contributed by atoms with Crippen LogP contribution in [-0.4, -0.2) is 66.2 Å². The quantitative estimate of drug-likeness (QED) is 0.854. The topological polar surface area (TPSA) is 83.7 Å². The van der Waals surface area contributed by atoms with Crippen molar-refractivity contribution in [1.29, 1.82) is 0 Å². The molecule has 2 aromatic rings. The van der Waals surface area contributed by atoms with Crippen molar-refractivity contribution in [1.82, 2.24) is 14.8 Å². The summed E-state index contributed by atoms with van der Waals surface area (Å²) in [4.78, 5) is 21.8. The van der Waals surface area contributed by atoms with Gasteiger partial charge in [0.05, 0.1) is 30.6 Å². The number of anilines is 2. The summed E-state index contributed by atoms with van der Waals surface area (Å²) in [5.74, 6) is 1.52. The predicted molar refractivity (Wildman–Crippen MR) is 108 cm³/mol. The van der Waals surface area contributed by atoms with Crippen molar-refractivity contribution in [3.8, 4) is 11.3 Å². The van der Waals surface area contributed by atoms with Crippen molar-refractivity contribution in [2.45, 2.75) is 6.04 Å². The highest BCUT2D eigenvalue weighted by Crippen LogP contribution is 2.34. The number of nitrogens with two attached hydrogens (primary N) is 1. The first kappa shape index (κ1) is 17.5. The summed E-state index contributed by atoms with van der Waals surface area (Å²) in [6.45, 7) is 5.41. The molecule has 28 heavy (non-hydrogen) atoms. The van der Waals surface area contributed by atoms with E-state index >= 15 is 0 Å². The van der Waals surface area contributed by atoms with Crippen LogP contribution in [-0.2, 0) is 4.74 Å². The van der Waals surface area contributed by atoms with Crippen molar-refractivity contribution >= 4 is 17.5 Å². The molecule has 7 heteroatoms. The van der Waals surface area contributed by atoms with Crippen LogP contribution in [0.2, 0.25) is 0 Å². The van der Waals surface area contributed by atoms with Gasteiger partial charge >= 0.3 is 6.03 Å². The van der Waals surface area contributed by atoms with Gasteiger partial charge in [-0.05, 0) is 24.0 Å². The van der Waals surface area contributed by atoms with Crippen LogP contribution in [0.25, 0.3) is 11.3 Å². The number of fused-ring (bicyclic) bond motifs is 1. The number of ether oxygens (including phenoxy) is 1. The lowest BCUT2D eigenvalue weighted by Gasteiger charge is -2.35. The Kier molecular flexibility index (Phi) is 4.41. The number of nitrogens with one attached hydrogen (secondary N) is 1. The molecule has 4 heterocycles. The number of aromatic nitrogens is 1. The highest BCUT2D eigenvalue weighted by atomic mass is 16.5. The first-order chi connectivity index (χ1) is 13.7. The molecule has 1 aromatic carbocycles. The number of nitrogen functional groups attached to an aromatic ring is 1. The van der Waals surface area contributed by atoms with Crippen LogP contribution in [0.15, 0.2) is 42.5 Å². The molecule has 2 atom stereocenters. The van der Waals surface area contributed by atoms with Gasteiger partial charge in [-0.2, -0.15) is 0 Å². The fourth-order valence-corrected chi connectivity index (χ4v) is 4.45. The molecule has 0 aliphatic carbocycles. The van der Waals surface area contributed by atoms with Gasteiger partial charge in [-0.25, -0.2) is 9.78 Å². The van der Waals surface area contributed by atoms with E-state index in [0.29, 0.717) is 29.4 Å². The Morgan fingerprint density at radius 1 is 1.04 bits per heavy atom. The first-order valence-electron chi connectivity index (χ1n) is 9.87. The molecule has 3 saturated heterocycles. The molecule has 3 aliphatic rings. The summed E-state index contributed by atoms with van der Waals surface area (Å²) in [5, 5.41) is 2.93. The van der Waals surface area contributed by atoms with Crippen LogP contribution in [0, 0.1) is 11.8 Å². The zero-order valence-corrected chi connectivity index (χ0v) is 15.8. The van der Waals surface area contributed by atoms with E-state index in [0.717, 1.165) is 50.7 Å². The number of benzene rings is 1. The van der Waals surface area contributed by atoms with Crippen LogP contribution in [0.1, 0.15) is 0 Å². The molecular formula is C21H25N5O2. The molecule has 2 amide bonds. The van der Waals surface area contributed by atoms with Gasteiger partial charge in [-0.1, -0.05) is 30.3 Å². The van der Waals surface area contributed by atoms with Gasteiger partial charge in [-0.15, -0.1) is 0 Å². The maximum atomic E-state index is 12.8. The van der Waals surface area contributed by atoms with Crippen molar-refractivity contribution in [3.05, 3.63) is 42.5 Å². The van der Waals surface area contributed by atoms with Gasteiger partial charge < -0.3 is 15.4 Å². The summed E-state index contributed by atoms with van der Waals surface area (Å²) in [6, 6.07) is 14.0. The molecule has 7 nitrogen and oxygen atoms in total. The van der Waals surface area contributed by atoms with E-state index in [1.807, 2.05) is 41.3 Å². The normalized spacial score (nSPS) is 24.8. The summed E-state index contributed by atoms with van der Waals surface area (Å²) < 4.78 is 5.31. The molecule has 146 valence electrons. The SMILES string of the molecule is Nc1ccc(-c2ccccc2)nc1NC(=O)N1CC2CN(C3COC3)CC2C1. The lowest BCUT2D eigenvalue weighted by atomic mass is 10.0. The third-order valence-corrected chi connectivity index (χ3v) is 6.16. The highest BCUT2D eigenvalue weighted by molar-refractivity contribution is 5.92. The van der Waals surface area contributed by atoms with Gasteiger partial charge in [0, 0.05) is 31.7 Å². The van der Waals surface area contributed by atoms with Crippen molar-refractivity contribution < 1.29 is 9.53 Å². The van der Waals surface area contributed by atoms with Gasteiger partial charge in [0.1, 0.15) is 0 Å². The summed E-state index contributed by atoms with van der Waals surface area (Å²) in [5.41, 5.74) is 8.33. The summed E-state index contributed by atoms with van der Waals surface area (Å²) in [7, 11) is 0. The second-order valence-corrected chi connectivity index (χ2v) is 8.00. The number of hydrogen-bond donors (Lipinski definition) is 2. The standard InChI is InChI=1S/C21H25N5O2/c22-18-6-7-19(14-4-2-1-3-5-14)23-20(18)24-21(27)26-10-15-8-25(9-16(15)11-26)17-12-28-13-17/h1-7,15-17H,8-13,22H2,(H,23,24,27). The Morgan fingerprint density at radius 2 is 1.75 bits per heavy atom. The van der Waals surface area contributed by atoms with Gasteiger partial charge in [0.15, 0.2) is 5.82 Å². The van der Waals surface area contributed by atoms with E-state index in [4.69, 9.17) is 10.5 Å². The molecule has 0 spiro atoms. The lowest BCUT2D eigenvalue weighted by Crippen LogP contribution is -2.49. The van der Waals surface area contributed by atoms with E-state index in [1.165, 1.54) is 0 Å². The molecule has 0 radical (unpaired) electrons. The monoisotopic (exact) mass is 379 g/mol. The Morgan fingerprint density at radius 3 is 2.39 bits per heavy atom. The number of carbonyl (C=O) groups excluding carboxylic acids is 1. The van der Waals surface area contributed by atoms with Gasteiger partial charge in [0.2, 0.25) is 0 Å². The Labute approximate surface area is 164 Å². The predicted octanol–water partition coefficient (Wildman–Crippen LogP) is 2.13. The lowest BCUT2D eigenvalue weighted by molar-refractivity contribution is -0.0597. The summed E-state index contributed by atoms with van der Waals surface area (Å²) in [6.07, 6.45) is 0. The molecule has 0 saturated carbocycles. The number of carbonyl (C=O) groups is 1. The minimum Gasteiger partial charge on any atom is -0.396 e. The largest absolute Gasteiger partial charge is 0.396 e. The van der Waals surface area contributed by atoms with Gasteiger partial charge in [0.25, 0.3) is 0 Å². The van der Waals surface area contributed by atoms with Crippen LogP contribution < -0.4 is 11.1 Å². The number of amides is 2. The fourth-order valence-electron chi connectivity index (χ4n) is 4.45. The smallest absolute Gasteiger partial charge is 0.323 e. The van der Waals surface area contributed by atoms with Crippen LogP contribution >= 0.6 is 0 Å². The third-order valence-electron chi connectivity index (χ3n) is 6.16. The molecule has 2 unspecified atom stereocenters. The molecule has 3 N–H and O–H groups in total. The first-order valence-corrected chi connectivity index (χ1v) is 9.87. The average molecular weight is 379 g/mol. The average Bonchev–Trinajstić information content (AvgIpc) is 3.22. The fraction of sp³-hybridized carbons (Fsp3) is 0.429. The Bertz CT molecular complexity index is 856. The number of urea groups is 1. The number of likely N-dealkylation sites (tertiary alicyclic amines) is 2. The van der Waals surface area contributed by atoms with E-state index in [1.54, 1.807) is 6.07 Å². The molecule has 3 aliphatic heterocycles. The second kappa shape index (κ2) is 7.07. The van der Waals surface area contributed by atoms with Gasteiger partial charge in [-0.3, -0.25) is 10.2 Å². The number of hydrogen-bond acceptors (Lipinski definition) is 5. The zero-order valence-electron chi connectivity index (χ0n) is 15.8. The number of nitrogens with zero attached hydrogens (tertiary/aromatic N) is 3. The zero-order chi connectivity index (χ0) is 19.1. The number of pyridine rings is 1. The Balaban J connectivity index is 1.24. The van der Waals surface area contributed by atoms with Crippen molar-refractivity contribution in [2.24, 2.45) is 11.8 Å². The van der Waals surface area contributed by atoms with Crippen LogP contribution in [0.3, 0.4) is 0 Å². The molecule has 1 aromatic heterocycles. The van der Waals surface area contributed by atoms with Crippen molar-refractivity contribution in [3.63, 3.8) is 0 Å². The Hall–Kier alpha value is -2.64. The van der Waals surface area contributed by atoms with Crippen LogP contribution in [0.4, 0.5) is 16.3 Å². The van der Waals surface area contributed by atoms with Crippen molar-refractivity contribution in [2.75, 3.05) is 50.4 Å². The van der Waals surface area contributed by atoms with E-state index in [9.17, 15) is 4.79 Å². The van der Waals surface area contributed by atoms with Crippen LogP contribution in [0.5, 0.6) is 0 Å². The second-order valence-electron chi connectivity index (χ2n) is 8.00. The van der Waals surface area contributed by atoms with E-state index < -0.39 is 0 Å². The van der Waals surface area contributed by atoms with E-state index in [2.05, 4.69) is 15.2 Å². The maximum Gasteiger partial charge on any atom is 0.323 e. The molecular weight excluding hydrogens is 354 g/mol. The molecule has 0 bridgehead atoms. The molecule has 3 fully saturated rings. The maximum absolute atomic E-state index is 12.8. The summed E-state index contributed by atoms with van der Waals surface area (Å²) >= 11 is 0. The minimum absolute atomic E-state index is 0.114.